The molecule has 4 heteroatoms. The van der Waals surface area contributed by atoms with Gasteiger partial charge < -0.3 is 9.22 Å². The lowest BCUT2D eigenvalue weighted by Gasteiger charge is -2.23. The normalized spacial score (nSPS) is 8.93. The molecular formula is C10H23ClNO2+. The predicted molar refractivity (Wildman–Crippen MR) is 62.6 cm³/mol. The van der Waals surface area contributed by atoms with Crippen LogP contribution in [0.25, 0.3) is 0 Å². The van der Waals surface area contributed by atoms with Gasteiger partial charge in [0.1, 0.15) is 13.2 Å². The number of hydrogen-bond donors (Lipinski definition) is 0. The minimum Gasteiger partial charge on any atom is -0.457 e. The van der Waals surface area contributed by atoms with Crippen molar-refractivity contribution in [2.24, 2.45) is 0 Å². The first kappa shape index (κ1) is 19.1. The number of halogens is 1. The second-order valence-corrected chi connectivity index (χ2v) is 3.39. The van der Waals surface area contributed by atoms with Gasteiger partial charge in [0.05, 0.1) is 21.1 Å². The maximum absolute atomic E-state index is 10.6. The highest BCUT2D eigenvalue weighted by atomic mass is 35.5. The van der Waals surface area contributed by atoms with Crippen molar-refractivity contribution in [3.8, 4) is 0 Å². The van der Waals surface area contributed by atoms with Gasteiger partial charge in [-0.15, -0.1) is 11.6 Å². The topological polar surface area (TPSA) is 26.3 Å². The molecule has 86 valence electrons. The quantitative estimate of drug-likeness (QED) is 0.316. The Labute approximate surface area is 92.9 Å². The van der Waals surface area contributed by atoms with Gasteiger partial charge in [0.15, 0.2) is 0 Å². The van der Waals surface area contributed by atoms with Gasteiger partial charge in [0.2, 0.25) is 0 Å². The molecule has 0 aliphatic heterocycles. The predicted octanol–water partition coefficient (Wildman–Crippen LogP) is 1.91. The lowest BCUT2D eigenvalue weighted by molar-refractivity contribution is -0.870. The Kier molecular flexibility index (Phi) is 14.4. The van der Waals surface area contributed by atoms with Gasteiger partial charge in [-0.2, -0.15) is 0 Å². The Balaban J connectivity index is -0.000000376. The van der Waals surface area contributed by atoms with E-state index in [1.165, 1.54) is 12.5 Å². The van der Waals surface area contributed by atoms with E-state index in [-0.39, 0.29) is 13.4 Å². The van der Waals surface area contributed by atoms with E-state index in [1.807, 2.05) is 21.1 Å². The molecule has 0 aliphatic rings. The van der Waals surface area contributed by atoms with Crippen molar-refractivity contribution in [3.63, 3.8) is 0 Å². The molecule has 0 aromatic carbocycles. The van der Waals surface area contributed by atoms with Crippen molar-refractivity contribution in [1.82, 2.24) is 0 Å². The van der Waals surface area contributed by atoms with Crippen molar-refractivity contribution in [1.29, 1.82) is 0 Å². The third kappa shape index (κ3) is 17.5. The fourth-order valence-corrected chi connectivity index (χ4v) is 0.479. The third-order valence-electron chi connectivity index (χ3n) is 1.17. The summed E-state index contributed by atoms with van der Waals surface area (Å²) >= 11 is 4.64. The number of esters is 1. The molecule has 0 unspecified atom stereocenters. The second-order valence-electron chi connectivity index (χ2n) is 3.39. The van der Waals surface area contributed by atoms with E-state index in [2.05, 4.69) is 18.2 Å². The summed E-state index contributed by atoms with van der Waals surface area (Å²) in [6.45, 7) is 4.57. The molecule has 3 nitrogen and oxygen atoms in total. The number of carbonyl (C=O) groups is 1. The molecule has 0 aromatic heterocycles. The molecule has 0 saturated carbocycles. The molecule has 0 rings (SSSR count). The molecule has 0 aliphatic carbocycles. The number of hydrogen-bond acceptors (Lipinski definition) is 2. The first-order chi connectivity index (χ1) is 5.95. The zero-order valence-electron chi connectivity index (χ0n) is 8.84. The van der Waals surface area contributed by atoms with Crippen LogP contribution in [0.15, 0.2) is 12.7 Å². The Morgan fingerprint density at radius 2 is 1.86 bits per heavy atom. The smallest absolute Gasteiger partial charge is 0.330 e. The lowest BCUT2D eigenvalue weighted by atomic mass is 10.5. The summed E-state index contributed by atoms with van der Waals surface area (Å²) in [7, 11) is 6.13. The zero-order valence-corrected chi connectivity index (χ0v) is 9.60. The second kappa shape index (κ2) is 10.5. The van der Waals surface area contributed by atoms with Crippen LogP contribution in [0.1, 0.15) is 7.43 Å². The summed E-state index contributed by atoms with van der Waals surface area (Å²) in [6, 6.07) is 0. The van der Waals surface area contributed by atoms with Crippen LogP contribution in [0, 0.1) is 0 Å². The summed E-state index contributed by atoms with van der Waals surface area (Å²) in [4.78, 5) is 10.6. The van der Waals surface area contributed by atoms with Crippen molar-refractivity contribution in [2.45, 2.75) is 7.43 Å². The van der Waals surface area contributed by atoms with E-state index in [0.29, 0.717) is 6.61 Å². The first-order valence-electron chi connectivity index (χ1n) is 3.93. The molecule has 0 radical (unpaired) electrons. The van der Waals surface area contributed by atoms with Crippen LogP contribution in [0.5, 0.6) is 0 Å². The lowest BCUT2D eigenvalue weighted by Crippen LogP contribution is -2.37. The van der Waals surface area contributed by atoms with E-state index >= 15 is 0 Å². The molecule has 0 heterocycles. The molecule has 0 aromatic rings. The number of quaternary nitrogens is 1. The third-order valence-corrected chi connectivity index (χ3v) is 1.17. The summed E-state index contributed by atoms with van der Waals surface area (Å²) in [5.74, 6) is -0.349. The molecule has 0 amide bonds. The van der Waals surface area contributed by atoms with Crippen LogP contribution in [0.4, 0.5) is 0 Å². The Bertz CT molecular complexity index is 153. The number of rotatable bonds is 4. The summed E-state index contributed by atoms with van der Waals surface area (Å²) in [5.41, 5.74) is 0. The maximum atomic E-state index is 10.6. The SMILES string of the molecule is C.C=CC(=O)OCC[N+](C)(C)C.CCl. The fourth-order valence-electron chi connectivity index (χ4n) is 0.479. The standard InChI is InChI=1S/C8H16NO2.CH3Cl.CH4/c1-5-8(10)11-7-6-9(2,3)4;1-2;/h5H,1,6-7H2,2-4H3;1H3;1H4/q+1;;. The van der Waals surface area contributed by atoms with E-state index in [9.17, 15) is 4.79 Å². The van der Waals surface area contributed by atoms with Crippen LogP contribution < -0.4 is 0 Å². The van der Waals surface area contributed by atoms with Crippen molar-refractivity contribution >= 4 is 17.6 Å². The highest BCUT2D eigenvalue weighted by Crippen LogP contribution is 1.89. The molecule has 0 saturated heterocycles. The van der Waals surface area contributed by atoms with Crippen molar-refractivity contribution < 1.29 is 14.0 Å². The fraction of sp³-hybridized carbons (Fsp3) is 0.700. The van der Waals surface area contributed by atoms with E-state index in [0.717, 1.165) is 11.0 Å². The highest BCUT2D eigenvalue weighted by molar-refractivity contribution is 6.15. The van der Waals surface area contributed by atoms with Gasteiger partial charge in [-0.1, -0.05) is 14.0 Å². The van der Waals surface area contributed by atoms with Crippen LogP contribution in [0.2, 0.25) is 0 Å². The number of alkyl halides is 1. The van der Waals surface area contributed by atoms with Gasteiger partial charge in [0.25, 0.3) is 0 Å². The monoisotopic (exact) mass is 224 g/mol. The Hall–Kier alpha value is -0.540. The minimum absolute atomic E-state index is 0. The number of nitrogens with zero attached hydrogens (tertiary/aromatic N) is 1. The first-order valence-corrected chi connectivity index (χ1v) is 4.69. The number of ether oxygens (including phenoxy) is 1. The summed E-state index contributed by atoms with van der Waals surface area (Å²) in [5, 5.41) is 0. The summed E-state index contributed by atoms with van der Waals surface area (Å²) in [6.07, 6.45) is 2.65. The average Bonchev–Trinajstić information content (AvgIpc) is 2.05. The molecule has 0 N–H and O–H groups in total. The molecule has 0 fully saturated rings. The molecule has 0 spiro atoms. The van der Waals surface area contributed by atoms with Gasteiger partial charge in [-0.25, -0.2) is 4.79 Å². The van der Waals surface area contributed by atoms with Crippen molar-refractivity contribution in [2.75, 3.05) is 40.7 Å². The van der Waals surface area contributed by atoms with Crippen LogP contribution in [-0.2, 0) is 9.53 Å². The van der Waals surface area contributed by atoms with Gasteiger partial charge in [-0.3, -0.25) is 0 Å². The van der Waals surface area contributed by atoms with Crippen LogP contribution >= 0.6 is 11.6 Å². The number of carbonyl (C=O) groups excluding carboxylic acids is 1. The van der Waals surface area contributed by atoms with Crippen molar-refractivity contribution in [3.05, 3.63) is 12.7 Å². The van der Waals surface area contributed by atoms with E-state index in [1.54, 1.807) is 0 Å². The molecule has 14 heavy (non-hydrogen) atoms. The van der Waals surface area contributed by atoms with E-state index in [4.69, 9.17) is 4.74 Å². The number of likely N-dealkylation sites (N-methyl/N-ethyl adjacent to an activating group) is 1. The minimum atomic E-state index is -0.349. The van der Waals surface area contributed by atoms with Crippen LogP contribution in [-0.4, -0.2) is 51.1 Å². The molecular weight excluding hydrogens is 202 g/mol. The Morgan fingerprint density at radius 1 is 1.43 bits per heavy atom. The van der Waals surface area contributed by atoms with Crippen LogP contribution in [0.3, 0.4) is 0 Å². The van der Waals surface area contributed by atoms with Gasteiger partial charge in [-0.05, 0) is 0 Å². The summed E-state index contributed by atoms with van der Waals surface area (Å²) < 4.78 is 5.59. The maximum Gasteiger partial charge on any atom is 0.330 e. The highest BCUT2D eigenvalue weighted by Gasteiger charge is 2.06. The van der Waals surface area contributed by atoms with Gasteiger partial charge >= 0.3 is 5.97 Å². The molecule has 0 bridgehead atoms. The largest absolute Gasteiger partial charge is 0.457 e. The van der Waals surface area contributed by atoms with E-state index < -0.39 is 0 Å². The molecule has 0 atom stereocenters. The average molecular weight is 225 g/mol. The van der Waals surface area contributed by atoms with Gasteiger partial charge in [0, 0.05) is 12.5 Å². The zero-order chi connectivity index (χ0) is 10.9. The Morgan fingerprint density at radius 3 is 2.14 bits per heavy atom.